The molecule has 0 radical (unpaired) electrons. The Bertz CT molecular complexity index is 613. The van der Waals surface area contributed by atoms with E-state index in [9.17, 15) is 8.78 Å². The molecule has 0 saturated heterocycles. The second-order valence-electron chi connectivity index (χ2n) is 4.79. The minimum atomic E-state index is -0.421. The van der Waals surface area contributed by atoms with Crippen LogP contribution in [0.15, 0.2) is 36.4 Å². The van der Waals surface area contributed by atoms with E-state index in [1.807, 2.05) is 14.0 Å². The Kier molecular flexibility index (Phi) is 4.73. The van der Waals surface area contributed by atoms with Crippen LogP contribution in [0.5, 0.6) is 0 Å². The molecule has 0 aliphatic rings. The Morgan fingerprint density at radius 2 is 1.90 bits per heavy atom. The van der Waals surface area contributed by atoms with Crippen molar-refractivity contribution in [3.63, 3.8) is 0 Å². The van der Waals surface area contributed by atoms with E-state index in [2.05, 4.69) is 5.32 Å². The Labute approximate surface area is 122 Å². The van der Waals surface area contributed by atoms with Crippen molar-refractivity contribution in [2.24, 2.45) is 0 Å². The van der Waals surface area contributed by atoms with Crippen molar-refractivity contribution < 1.29 is 8.78 Å². The van der Waals surface area contributed by atoms with Gasteiger partial charge in [-0.3, -0.25) is 0 Å². The predicted molar refractivity (Wildman–Crippen MR) is 78.1 cm³/mol. The maximum atomic E-state index is 13.5. The Morgan fingerprint density at radius 1 is 1.15 bits per heavy atom. The third-order valence-corrected chi connectivity index (χ3v) is 3.69. The zero-order valence-electron chi connectivity index (χ0n) is 11.4. The largest absolute Gasteiger partial charge is 0.313 e. The van der Waals surface area contributed by atoms with E-state index in [0.29, 0.717) is 6.42 Å². The lowest BCUT2D eigenvalue weighted by molar-refractivity contribution is 0.576. The summed E-state index contributed by atoms with van der Waals surface area (Å²) in [5.41, 5.74) is 2.72. The number of aryl methyl sites for hydroxylation is 1. The first-order valence-electron chi connectivity index (χ1n) is 6.38. The van der Waals surface area contributed by atoms with Gasteiger partial charge in [0, 0.05) is 6.04 Å². The van der Waals surface area contributed by atoms with Gasteiger partial charge in [-0.25, -0.2) is 8.78 Å². The van der Waals surface area contributed by atoms with Gasteiger partial charge < -0.3 is 5.32 Å². The van der Waals surface area contributed by atoms with Crippen LogP contribution in [-0.4, -0.2) is 7.05 Å². The van der Waals surface area contributed by atoms with Crippen LogP contribution in [0, 0.1) is 18.6 Å². The third-order valence-electron chi connectivity index (χ3n) is 3.38. The third kappa shape index (κ3) is 3.35. The highest BCUT2D eigenvalue weighted by Gasteiger charge is 2.14. The molecule has 0 heterocycles. The average Bonchev–Trinajstić information content (AvgIpc) is 2.41. The molecule has 0 aromatic heterocycles. The smallest absolute Gasteiger partial charge is 0.142 e. The van der Waals surface area contributed by atoms with Crippen LogP contribution in [0.3, 0.4) is 0 Å². The Balaban J connectivity index is 2.26. The van der Waals surface area contributed by atoms with Crippen molar-refractivity contribution >= 4 is 11.6 Å². The van der Waals surface area contributed by atoms with Gasteiger partial charge in [0.05, 0.1) is 5.02 Å². The maximum absolute atomic E-state index is 13.5. The fourth-order valence-electron chi connectivity index (χ4n) is 2.30. The summed E-state index contributed by atoms with van der Waals surface area (Å²) in [6.07, 6.45) is 0.608. The lowest BCUT2D eigenvalue weighted by atomic mass is 9.95. The molecule has 2 aromatic carbocycles. The van der Waals surface area contributed by atoms with Crippen molar-refractivity contribution in [1.82, 2.24) is 5.32 Å². The molecule has 2 aromatic rings. The van der Waals surface area contributed by atoms with Crippen LogP contribution < -0.4 is 5.32 Å². The minimum absolute atomic E-state index is 0.00354. The minimum Gasteiger partial charge on any atom is -0.313 e. The molecule has 1 unspecified atom stereocenters. The highest BCUT2D eigenvalue weighted by Crippen LogP contribution is 2.24. The van der Waals surface area contributed by atoms with Gasteiger partial charge in [0.25, 0.3) is 0 Å². The van der Waals surface area contributed by atoms with Crippen LogP contribution in [0.25, 0.3) is 0 Å². The second-order valence-corrected chi connectivity index (χ2v) is 5.20. The monoisotopic (exact) mass is 295 g/mol. The summed E-state index contributed by atoms with van der Waals surface area (Å²) in [6, 6.07) is 9.49. The maximum Gasteiger partial charge on any atom is 0.142 e. The molecule has 106 valence electrons. The lowest BCUT2D eigenvalue weighted by Gasteiger charge is -2.19. The SMILES string of the molecule is CNC(Cc1ccc(Cl)c(F)c1)c1ccc(F)cc1C. The molecule has 1 nitrogen and oxygen atoms in total. The average molecular weight is 296 g/mol. The number of halogens is 3. The van der Waals surface area contributed by atoms with Crippen molar-refractivity contribution in [2.45, 2.75) is 19.4 Å². The fourth-order valence-corrected chi connectivity index (χ4v) is 2.42. The van der Waals surface area contributed by atoms with Gasteiger partial charge in [0.15, 0.2) is 0 Å². The first kappa shape index (κ1) is 14.9. The molecular weight excluding hydrogens is 280 g/mol. The second kappa shape index (κ2) is 6.33. The summed E-state index contributed by atoms with van der Waals surface area (Å²) in [4.78, 5) is 0. The quantitative estimate of drug-likeness (QED) is 0.880. The summed E-state index contributed by atoms with van der Waals surface area (Å²) < 4.78 is 26.6. The van der Waals surface area contributed by atoms with Gasteiger partial charge in [-0.05, 0) is 61.3 Å². The molecule has 0 bridgehead atoms. The topological polar surface area (TPSA) is 12.0 Å². The Morgan fingerprint density at radius 3 is 2.50 bits per heavy atom. The summed E-state index contributed by atoms with van der Waals surface area (Å²) in [5, 5.41) is 3.30. The molecule has 4 heteroatoms. The van der Waals surface area contributed by atoms with Crippen LogP contribution in [0.2, 0.25) is 5.02 Å². The molecule has 0 fully saturated rings. The van der Waals surface area contributed by atoms with Gasteiger partial charge in [0.1, 0.15) is 11.6 Å². The molecule has 0 amide bonds. The summed E-state index contributed by atoms with van der Waals surface area (Å²) in [6.45, 7) is 1.87. The van der Waals surface area contributed by atoms with E-state index in [1.54, 1.807) is 18.2 Å². The van der Waals surface area contributed by atoms with Crippen LogP contribution >= 0.6 is 11.6 Å². The van der Waals surface area contributed by atoms with Crippen molar-refractivity contribution in [1.29, 1.82) is 0 Å². The van der Waals surface area contributed by atoms with Crippen molar-refractivity contribution in [3.05, 3.63) is 69.7 Å². The number of likely N-dealkylation sites (N-methyl/N-ethyl adjacent to an activating group) is 1. The Hall–Kier alpha value is -1.45. The van der Waals surface area contributed by atoms with E-state index in [-0.39, 0.29) is 16.9 Å². The van der Waals surface area contributed by atoms with Gasteiger partial charge in [-0.2, -0.15) is 0 Å². The normalized spacial score (nSPS) is 12.4. The fraction of sp³-hybridized carbons (Fsp3) is 0.250. The first-order chi connectivity index (χ1) is 9.51. The van der Waals surface area contributed by atoms with Crippen LogP contribution in [0.4, 0.5) is 8.78 Å². The highest BCUT2D eigenvalue weighted by atomic mass is 35.5. The zero-order valence-corrected chi connectivity index (χ0v) is 12.1. The van der Waals surface area contributed by atoms with Gasteiger partial charge in [-0.1, -0.05) is 23.7 Å². The highest BCUT2D eigenvalue weighted by molar-refractivity contribution is 6.30. The molecule has 0 spiro atoms. The molecule has 20 heavy (non-hydrogen) atoms. The van der Waals surface area contributed by atoms with Crippen molar-refractivity contribution in [2.75, 3.05) is 7.05 Å². The predicted octanol–water partition coefficient (Wildman–Crippen LogP) is 4.43. The summed E-state index contributed by atoms with van der Waals surface area (Å²) in [5.74, 6) is -0.673. The van der Waals surface area contributed by atoms with E-state index in [0.717, 1.165) is 16.7 Å². The van der Waals surface area contributed by atoms with Gasteiger partial charge >= 0.3 is 0 Å². The van der Waals surface area contributed by atoms with Crippen molar-refractivity contribution in [3.8, 4) is 0 Å². The zero-order chi connectivity index (χ0) is 14.7. The van der Waals surface area contributed by atoms with E-state index < -0.39 is 5.82 Å². The summed E-state index contributed by atoms with van der Waals surface area (Å²) >= 11 is 5.68. The van der Waals surface area contributed by atoms with Gasteiger partial charge in [-0.15, -0.1) is 0 Å². The number of hydrogen-bond acceptors (Lipinski definition) is 1. The van der Waals surface area contributed by atoms with E-state index in [1.165, 1.54) is 18.2 Å². The molecule has 2 rings (SSSR count). The molecular formula is C16H16ClF2N. The number of nitrogens with one attached hydrogen (secondary N) is 1. The number of hydrogen-bond donors (Lipinski definition) is 1. The first-order valence-corrected chi connectivity index (χ1v) is 6.76. The number of rotatable bonds is 4. The summed E-state index contributed by atoms with van der Waals surface area (Å²) in [7, 11) is 1.83. The molecule has 0 aliphatic carbocycles. The molecule has 0 saturated carbocycles. The molecule has 0 aliphatic heterocycles. The molecule has 1 atom stereocenters. The number of benzene rings is 2. The molecule has 1 N–H and O–H groups in total. The van der Waals surface area contributed by atoms with E-state index >= 15 is 0 Å². The van der Waals surface area contributed by atoms with Crippen LogP contribution in [0.1, 0.15) is 22.7 Å². The lowest BCUT2D eigenvalue weighted by Crippen LogP contribution is -2.20. The van der Waals surface area contributed by atoms with Gasteiger partial charge in [0.2, 0.25) is 0 Å². The van der Waals surface area contributed by atoms with Crippen LogP contribution in [-0.2, 0) is 6.42 Å². The van der Waals surface area contributed by atoms with E-state index in [4.69, 9.17) is 11.6 Å². The standard InChI is InChI=1S/C16H16ClF2N/c1-10-7-12(18)4-5-13(10)16(20-2)9-11-3-6-14(17)15(19)8-11/h3-8,16,20H,9H2,1-2H3.